The number of aryl methyl sites for hydroxylation is 2. The van der Waals surface area contributed by atoms with Gasteiger partial charge in [0.1, 0.15) is 34.5 Å². The van der Waals surface area contributed by atoms with Gasteiger partial charge < -0.3 is 31.6 Å². The van der Waals surface area contributed by atoms with Gasteiger partial charge in [0.05, 0.1) is 39.0 Å². The molecule has 0 bridgehead atoms. The number of hydrogen-bond donors (Lipinski definition) is 4. The van der Waals surface area contributed by atoms with Gasteiger partial charge in [-0.15, -0.1) is 0 Å². The number of fused-ring (bicyclic) bond motifs is 3. The molecule has 1 aliphatic rings. The standard InChI is InChI=1S/C11H8FNO3.C10H8FNO.C8H4FNO2.C3H5BrO.K.2H2O/c1-5-10(14)9(11(15)16)7-3-2-6(12)4-8(7)13-5;1-6-10(13)4-7-2-3-8(11)5-9(7)12-6;9-4-1-2-5-6(3-4)10-8(12)7(5)11;1-3(5)2-4;;;/h2-4,14H,1H3,(H,15,16);2-5,13H,1H3;1-3H,(H,10,11,12);2H2,1H3;;2*1H2/q;;;;+1;;/p-1. The van der Waals surface area contributed by atoms with Crippen molar-refractivity contribution in [3.8, 4) is 11.5 Å². The van der Waals surface area contributed by atoms with E-state index in [4.69, 9.17) is 5.11 Å². The van der Waals surface area contributed by atoms with Gasteiger partial charge in [0.2, 0.25) is 0 Å². The van der Waals surface area contributed by atoms with E-state index in [0.29, 0.717) is 16.5 Å². The van der Waals surface area contributed by atoms with Crippen molar-refractivity contribution in [2.45, 2.75) is 20.8 Å². The second kappa shape index (κ2) is 20.0. The molecule has 0 unspecified atom stereocenters. The van der Waals surface area contributed by atoms with E-state index in [-0.39, 0.29) is 119 Å². The first kappa shape index (κ1) is 45.2. The quantitative estimate of drug-likeness (QED) is 0.116. The van der Waals surface area contributed by atoms with Gasteiger partial charge in [0.25, 0.3) is 11.7 Å². The second-order valence-electron chi connectivity index (χ2n) is 9.63. The average molecular weight is 775 g/mol. The molecule has 3 aromatic carbocycles. The summed E-state index contributed by atoms with van der Waals surface area (Å²) in [6, 6.07) is 13.0. The monoisotopic (exact) mass is 773 g/mol. The van der Waals surface area contributed by atoms with Crippen LogP contribution < -0.4 is 56.7 Å². The third kappa shape index (κ3) is 11.9. The molecule has 0 atom stereocenters. The van der Waals surface area contributed by atoms with E-state index in [2.05, 4.69) is 31.2 Å². The first-order valence-corrected chi connectivity index (χ1v) is 14.2. The van der Waals surface area contributed by atoms with Gasteiger partial charge >= 0.3 is 57.4 Å². The van der Waals surface area contributed by atoms with Gasteiger partial charge in [-0.2, -0.15) is 0 Å². The summed E-state index contributed by atoms with van der Waals surface area (Å²) in [7, 11) is 0. The third-order valence-corrected chi connectivity index (χ3v) is 6.91. The van der Waals surface area contributed by atoms with Crippen LogP contribution in [0.4, 0.5) is 18.9 Å². The number of carboxylic acids is 1. The van der Waals surface area contributed by atoms with E-state index in [1.807, 2.05) is 0 Å². The molecule has 12 nitrogen and oxygen atoms in total. The van der Waals surface area contributed by atoms with Crippen molar-refractivity contribution < 1.29 is 110 Å². The SMILES string of the molecule is CC(=O)CBr.Cc1nc2cc(F)ccc2c(C(=O)O)c1O.Cc1nc2cc(F)ccc2cc1O.O.O=C1Nc2cc(F)ccc2C1=O.[K+].[OH-]. The molecular weight excluding hydrogens is 746 g/mol. The Bertz CT molecular complexity index is 2020. The Balaban J connectivity index is 0.000000646. The number of benzene rings is 3. The van der Waals surface area contributed by atoms with Crippen molar-refractivity contribution in [3.05, 3.63) is 101 Å². The number of nitrogens with zero attached hydrogens (tertiary/aromatic N) is 2. The van der Waals surface area contributed by atoms with Crippen molar-refractivity contribution >= 4 is 66.9 Å². The van der Waals surface area contributed by atoms with Crippen LogP contribution in [0.15, 0.2) is 60.7 Å². The van der Waals surface area contributed by atoms with Crippen LogP contribution in [0.1, 0.15) is 39.0 Å². The molecule has 2 aromatic heterocycles. The molecule has 49 heavy (non-hydrogen) atoms. The zero-order valence-electron chi connectivity index (χ0n) is 26.3. The zero-order valence-corrected chi connectivity index (χ0v) is 31.0. The Morgan fingerprint density at radius 2 is 1.35 bits per heavy atom. The summed E-state index contributed by atoms with van der Waals surface area (Å²) in [6.07, 6.45) is 0. The fourth-order valence-electron chi connectivity index (χ4n) is 3.91. The molecule has 0 fully saturated rings. The fraction of sp³-hybridized carbons (Fsp3) is 0.125. The first-order chi connectivity index (χ1) is 21.6. The molecule has 1 aliphatic heterocycles. The smallest absolute Gasteiger partial charge is 0.870 e. The van der Waals surface area contributed by atoms with Crippen molar-refractivity contribution in [1.29, 1.82) is 0 Å². The van der Waals surface area contributed by atoms with E-state index in [1.54, 1.807) is 19.1 Å². The minimum absolute atomic E-state index is 0. The molecule has 0 saturated heterocycles. The average Bonchev–Trinajstić information content (AvgIpc) is 3.27. The molecule has 0 radical (unpaired) electrons. The number of anilines is 1. The number of aromatic nitrogens is 2. The van der Waals surface area contributed by atoms with Gasteiger partial charge in [-0.1, -0.05) is 15.9 Å². The van der Waals surface area contributed by atoms with Gasteiger partial charge in [-0.05, 0) is 69.3 Å². The van der Waals surface area contributed by atoms with E-state index in [9.17, 15) is 42.6 Å². The molecule has 0 saturated carbocycles. The maximum absolute atomic E-state index is 13.0. The number of aromatic carboxylic acids is 1. The van der Waals surface area contributed by atoms with Gasteiger partial charge in [-0.25, -0.2) is 27.9 Å². The van der Waals surface area contributed by atoms with Crippen LogP contribution in [0, 0.1) is 31.3 Å². The second-order valence-corrected chi connectivity index (χ2v) is 10.2. The number of amides is 1. The minimum atomic E-state index is -1.26. The van der Waals surface area contributed by atoms with Crippen LogP contribution in [0.5, 0.6) is 11.5 Å². The van der Waals surface area contributed by atoms with E-state index in [0.717, 1.165) is 29.7 Å². The number of ketones is 2. The number of carbonyl (C=O) groups is 4. The number of halogens is 4. The van der Waals surface area contributed by atoms with Crippen molar-refractivity contribution in [2.75, 3.05) is 10.6 Å². The number of pyridine rings is 2. The van der Waals surface area contributed by atoms with E-state index < -0.39 is 29.3 Å². The van der Waals surface area contributed by atoms with Crippen molar-refractivity contribution in [3.63, 3.8) is 0 Å². The number of alkyl halides is 1. The van der Waals surface area contributed by atoms with Gasteiger partial charge in [-0.3, -0.25) is 14.4 Å². The van der Waals surface area contributed by atoms with Crippen LogP contribution in [0.2, 0.25) is 0 Å². The Morgan fingerprint density at radius 3 is 1.92 bits per heavy atom. The molecule has 3 heterocycles. The molecule has 0 aliphatic carbocycles. The number of rotatable bonds is 2. The van der Waals surface area contributed by atoms with Gasteiger partial charge in [0, 0.05) is 22.9 Å². The molecule has 5 aromatic rings. The van der Waals surface area contributed by atoms with Crippen LogP contribution in [0.25, 0.3) is 21.8 Å². The number of carbonyl (C=O) groups excluding carboxylic acids is 3. The molecule has 7 N–H and O–H groups in total. The number of Topliss-reactive ketones (excluding diaryl/α,β-unsaturated/α-hetero) is 2. The summed E-state index contributed by atoms with van der Waals surface area (Å²) in [5.41, 5.74) is 1.70. The Hall–Kier alpha value is -3.81. The first-order valence-electron chi connectivity index (χ1n) is 13.1. The fourth-order valence-corrected chi connectivity index (χ4v) is 3.91. The van der Waals surface area contributed by atoms with E-state index >= 15 is 0 Å². The summed E-state index contributed by atoms with van der Waals surface area (Å²) in [5.74, 6) is -3.92. The predicted molar refractivity (Wildman–Crippen MR) is 173 cm³/mol. The summed E-state index contributed by atoms with van der Waals surface area (Å²) >= 11 is 2.96. The molecule has 17 heteroatoms. The van der Waals surface area contributed by atoms with Crippen LogP contribution in [0.3, 0.4) is 0 Å². The predicted octanol–water partition coefficient (Wildman–Crippen LogP) is 2.41. The maximum atomic E-state index is 13.0. The van der Waals surface area contributed by atoms with Gasteiger partial charge in [0.15, 0.2) is 5.75 Å². The summed E-state index contributed by atoms with van der Waals surface area (Å²) < 4.78 is 38.3. The van der Waals surface area contributed by atoms with E-state index in [1.165, 1.54) is 38.1 Å². The van der Waals surface area contributed by atoms with Crippen molar-refractivity contribution in [1.82, 2.24) is 9.97 Å². The number of aromatic hydroxyl groups is 2. The third-order valence-electron chi connectivity index (χ3n) is 6.12. The topological polar surface area (TPSA) is 228 Å². The Labute approximate surface area is 327 Å². The molecule has 0 spiro atoms. The minimum Gasteiger partial charge on any atom is -0.870 e. The normalized spacial score (nSPS) is 10.6. The summed E-state index contributed by atoms with van der Waals surface area (Å²) in [4.78, 5) is 50.5. The largest absolute Gasteiger partial charge is 1.00 e. The zero-order chi connectivity index (χ0) is 34.3. The summed E-state index contributed by atoms with van der Waals surface area (Å²) in [6.45, 7) is 4.68. The van der Waals surface area contributed by atoms with Crippen LogP contribution in [-0.4, -0.2) is 65.0 Å². The van der Waals surface area contributed by atoms with Crippen LogP contribution >= 0.6 is 15.9 Å². The number of hydrogen-bond acceptors (Lipinski definition) is 9. The maximum Gasteiger partial charge on any atom is 1.00 e. The number of carboxylic acid groups (broad SMARTS) is 1. The molecule has 1 amide bonds. The molecular formula is C32H28BrF3KN3O9. The number of nitrogens with one attached hydrogen (secondary N) is 1. The van der Waals surface area contributed by atoms with Crippen LogP contribution in [-0.2, 0) is 9.59 Å². The van der Waals surface area contributed by atoms with Crippen molar-refractivity contribution in [2.24, 2.45) is 0 Å². The Kier molecular flexibility index (Phi) is 18.4. The summed E-state index contributed by atoms with van der Waals surface area (Å²) in [5, 5.41) is 31.6. The molecule has 6 rings (SSSR count). The Morgan fingerprint density at radius 1 is 0.837 bits per heavy atom. The molecule has 254 valence electrons.